The standard InChI is InChI=1S/C12H11FN2O3S/c1-18-12-6-5-10(8-14-12)15-19(16,17)11-4-2-3-9(13)7-11/h2-8,15H,1H3. The van der Waals surface area contributed by atoms with E-state index < -0.39 is 15.8 Å². The topological polar surface area (TPSA) is 68.3 Å². The molecule has 2 aromatic rings. The Balaban J connectivity index is 2.25. The van der Waals surface area contributed by atoms with Crippen LogP contribution in [0.4, 0.5) is 10.1 Å². The van der Waals surface area contributed by atoms with Gasteiger partial charge in [-0.05, 0) is 24.3 Å². The van der Waals surface area contributed by atoms with Crippen LogP contribution in [0.3, 0.4) is 0 Å². The van der Waals surface area contributed by atoms with Crippen LogP contribution in [-0.2, 0) is 10.0 Å². The van der Waals surface area contributed by atoms with E-state index in [0.717, 1.165) is 6.07 Å². The van der Waals surface area contributed by atoms with Crippen molar-refractivity contribution < 1.29 is 17.5 Å². The fraction of sp³-hybridized carbons (Fsp3) is 0.0833. The quantitative estimate of drug-likeness (QED) is 0.931. The maximum absolute atomic E-state index is 13.0. The van der Waals surface area contributed by atoms with Crippen molar-refractivity contribution in [2.75, 3.05) is 11.8 Å². The molecule has 1 N–H and O–H groups in total. The molecule has 0 aliphatic carbocycles. The maximum atomic E-state index is 13.0. The molecule has 0 spiro atoms. The Bertz CT molecular complexity index is 672. The van der Waals surface area contributed by atoms with E-state index in [-0.39, 0.29) is 10.6 Å². The van der Waals surface area contributed by atoms with Crippen molar-refractivity contribution in [3.63, 3.8) is 0 Å². The fourth-order valence-electron chi connectivity index (χ4n) is 1.41. The molecule has 7 heteroatoms. The second-order valence-corrected chi connectivity index (χ2v) is 5.33. The number of ether oxygens (including phenoxy) is 1. The summed E-state index contributed by atoms with van der Waals surface area (Å²) in [6.07, 6.45) is 1.32. The van der Waals surface area contributed by atoms with Gasteiger partial charge in [-0.1, -0.05) is 6.07 Å². The summed E-state index contributed by atoms with van der Waals surface area (Å²) >= 11 is 0. The fourth-order valence-corrected chi connectivity index (χ4v) is 2.48. The van der Waals surface area contributed by atoms with Crippen LogP contribution in [0.5, 0.6) is 5.88 Å². The summed E-state index contributed by atoms with van der Waals surface area (Å²) < 4.78 is 44.1. The third-order valence-electron chi connectivity index (χ3n) is 2.30. The minimum atomic E-state index is -3.83. The highest BCUT2D eigenvalue weighted by Gasteiger charge is 2.14. The maximum Gasteiger partial charge on any atom is 0.262 e. The average molecular weight is 282 g/mol. The van der Waals surface area contributed by atoms with Crippen LogP contribution in [0.15, 0.2) is 47.5 Å². The molecule has 0 atom stereocenters. The summed E-state index contributed by atoms with van der Waals surface area (Å²) in [5, 5.41) is 0. The molecular formula is C12H11FN2O3S. The third-order valence-corrected chi connectivity index (χ3v) is 3.68. The average Bonchev–Trinajstić information content (AvgIpc) is 2.39. The molecule has 0 aliphatic heterocycles. The Morgan fingerprint density at radius 1 is 1.26 bits per heavy atom. The van der Waals surface area contributed by atoms with Crippen LogP contribution < -0.4 is 9.46 Å². The zero-order chi connectivity index (χ0) is 13.9. The number of rotatable bonds is 4. The number of hydrogen-bond donors (Lipinski definition) is 1. The van der Waals surface area contributed by atoms with Gasteiger partial charge in [0, 0.05) is 6.07 Å². The number of aromatic nitrogens is 1. The van der Waals surface area contributed by atoms with Crippen LogP contribution in [-0.4, -0.2) is 20.5 Å². The molecule has 0 fully saturated rings. The van der Waals surface area contributed by atoms with E-state index in [1.807, 2.05) is 0 Å². The highest BCUT2D eigenvalue weighted by Crippen LogP contribution is 2.17. The number of benzene rings is 1. The third kappa shape index (κ3) is 3.19. The van der Waals surface area contributed by atoms with Crippen molar-refractivity contribution in [1.82, 2.24) is 4.98 Å². The second kappa shape index (κ2) is 5.23. The lowest BCUT2D eigenvalue weighted by Gasteiger charge is -2.08. The van der Waals surface area contributed by atoms with Gasteiger partial charge in [0.1, 0.15) is 5.82 Å². The van der Waals surface area contributed by atoms with Crippen molar-refractivity contribution in [3.8, 4) is 5.88 Å². The number of sulfonamides is 1. The molecule has 100 valence electrons. The molecule has 1 aromatic carbocycles. The molecule has 1 heterocycles. The van der Waals surface area contributed by atoms with E-state index in [0.29, 0.717) is 5.88 Å². The van der Waals surface area contributed by atoms with E-state index in [2.05, 4.69) is 9.71 Å². The largest absolute Gasteiger partial charge is 0.481 e. The summed E-state index contributed by atoms with van der Waals surface area (Å²) in [7, 11) is -2.37. The van der Waals surface area contributed by atoms with Gasteiger partial charge in [0.05, 0.1) is 23.9 Å². The number of pyridine rings is 1. The molecule has 0 saturated carbocycles. The highest BCUT2D eigenvalue weighted by atomic mass is 32.2. The highest BCUT2D eigenvalue weighted by molar-refractivity contribution is 7.92. The van der Waals surface area contributed by atoms with Crippen molar-refractivity contribution in [1.29, 1.82) is 0 Å². The van der Waals surface area contributed by atoms with Crippen molar-refractivity contribution in [2.45, 2.75) is 4.90 Å². The second-order valence-electron chi connectivity index (χ2n) is 3.65. The van der Waals surface area contributed by atoms with Gasteiger partial charge in [-0.15, -0.1) is 0 Å². The van der Waals surface area contributed by atoms with E-state index in [1.165, 1.54) is 43.6 Å². The molecule has 0 radical (unpaired) electrons. The molecular weight excluding hydrogens is 271 g/mol. The molecule has 0 bridgehead atoms. The van der Waals surface area contributed by atoms with Crippen LogP contribution in [0.25, 0.3) is 0 Å². The first-order valence-electron chi connectivity index (χ1n) is 5.30. The van der Waals surface area contributed by atoms with Crippen LogP contribution in [0.1, 0.15) is 0 Å². The molecule has 5 nitrogen and oxygen atoms in total. The van der Waals surface area contributed by atoms with Gasteiger partial charge in [-0.25, -0.2) is 17.8 Å². The number of nitrogens with one attached hydrogen (secondary N) is 1. The number of hydrogen-bond acceptors (Lipinski definition) is 4. The normalized spacial score (nSPS) is 11.1. The number of anilines is 1. The minimum absolute atomic E-state index is 0.150. The van der Waals surface area contributed by atoms with Crippen molar-refractivity contribution in [3.05, 3.63) is 48.4 Å². The summed E-state index contributed by atoms with van der Waals surface area (Å²) in [4.78, 5) is 3.72. The Labute approximate surface area is 110 Å². The van der Waals surface area contributed by atoms with Crippen LogP contribution in [0, 0.1) is 5.82 Å². The first-order valence-corrected chi connectivity index (χ1v) is 6.78. The van der Waals surface area contributed by atoms with Gasteiger partial charge in [0.15, 0.2) is 0 Å². The minimum Gasteiger partial charge on any atom is -0.481 e. The first kappa shape index (κ1) is 13.3. The van der Waals surface area contributed by atoms with Crippen LogP contribution in [0.2, 0.25) is 0 Å². The summed E-state index contributed by atoms with van der Waals surface area (Å²) in [5.41, 5.74) is 0.269. The SMILES string of the molecule is COc1ccc(NS(=O)(=O)c2cccc(F)c2)cn1. The molecule has 0 saturated heterocycles. The van der Waals surface area contributed by atoms with Gasteiger partial charge in [-0.2, -0.15) is 0 Å². The Morgan fingerprint density at radius 2 is 2.05 bits per heavy atom. The van der Waals surface area contributed by atoms with E-state index in [1.54, 1.807) is 0 Å². The molecule has 1 aromatic heterocycles. The molecule has 0 unspecified atom stereocenters. The summed E-state index contributed by atoms with van der Waals surface area (Å²) in [6, 6.07) is 7.78. The van der Waals surface area contributed by atoms with Gasteiger partial charge in [-0.3, -0.25) is 4.72 Å². The number of nitrogens with zero attached hydrogens (tertiary/aromatic N) is 1. The predicted octanol–water partition coefficient (Wildman–Crippen LogP) is 2.03. The molecule has 19 heavy (non-hydrogen) atoms. The summed E-state index contributed by atoms with van der Waals surface area (Å²) in [6.45, 7) is 0. The zero-order valence-electron chi connectivity index (χ0n) is 10.00. The smallest absolute Gasteiger partial charge is 0.262 e. The van der Waals surface area contributed by atoms with Gasteiger partial charge in [0.2, 0.25) is 5.88 Å². The zero-order valence-corrected chi connectivity index (χ0v) is 10.8. The number of methoxy groups -OCH3 is 1. The molecule has 2 rings (SSSR count). The van der Waals surface area contributed by atoms with E-state index in [9.17, 15) is 12.8 Å². The number of halogens is 1. The summed E-state index contributed by atoms with van der Waals surface area (Å²) in [5.74, 6) is -0.246. The molecule has 0 aliphatic rings. The molecule has 0 amide bonds. The van der Waals surface area contributed by atoms with Gasteiger partial charge in [0.25, 0.3) is 10.0 Å². The Morgan fingerprint density at radius 3 is 2.63 bits per heavy atom. The van der Waals surface area contributed by atoms with E-state index in [4.69, 9.17) is 4.74 Å². The van der Waals surface area contributed by atoms with Gasteiger partial charge >= 0.3 is 0 Å². The lowest BCUT2D eigenvalue weighted by atomic mass is 10.4. The lowest BCUT2D eigenvalue weighted by Crippen LogP contribution is -2.13. The van der Waals surface area contributed by atoms with Gasteiger partial charge < -0.3 is 4.74 Å². The van der Waals surface area contributed by atoms with Crippen molar-refractivity contribution >= 4 is 15.7 Å². The Kier molecular flexibility index (Phi) is 3.66. The lowest BCUT2D eigenvalue weighted by molar-refractivity contribution is 0.398. The van der Waals surface area contributed by atoms with E-state index >= 15 is 0 Å². The first-order chi connectivity index (χ1) is 9.01. The Hall–Kier alpha value is -2.15. The predicted molar refractivity (Wildman–Crippen MR) is 68.0 cm³/mol. The monoisotopic (exact) mass is 282 g/mol. The van der Waals surface area contributed by atoms with Crippen molar-refractivity contribution in [2.24, 2.45) is 0 Å². The van der Waals surface area contributed by atoms with Crippen LogP contribution >= 0.6 is 0 Å².